The lowest BCUT2D eigenvalue weighted by atomic mass is 9.83. The molecule has 3 aliphatic heterocycles. The number of amides is 4. The molecule has 3 aliphatic rings. The molecule has 4 amide bonds. The summed E-state index contributed by atoms with van der Waals surface area (Å²) in [7, 11) is 1.60. The number of carbonyl (C=O) groups is 3. The van der Waals surface area contributed by atoms with Gasteiger partial charge < -0.3 is 19.5 Å². The van der Waals surface area contributed by atoms with Crippen LogP contribution in [-0.2, 0) is 22.6 Å². The van der Waals surface area contributed by atoms with Crippen molar-refractivity contribution in [3.05, 3.63) is 64.1 Å². The van der Waals surface area contributed by atoms with Crippen LogP contribution in [0.4, 0.5) is 4.79 Å². The van der Waals surface area contributed by atoms with Crippen LogP contribution in [0.5, 0.6) is 5.75 Å². The van der Waals surface area contributed by atoms with Crippen LogP contribution in [0, 0.1) is 5.92 Å². The van der Waals surface area contributed by atoms with Gasteiger partial charge in [-0.25, -0.2) is 4.79 Å². The van der Waals surface area contributed by atoms with E-state index in [0.717, 1.165) is 23.4 Å². The predicted molar refractivity (Wildman–Crippen MR) is 123 cm³/mol. The molecule has 1 unspecified atom stereocenters. The summed E-state index contributed by atoms with van der Waals surface area (Å²) < 4.78 is 6.97. The van der Waals surface area contributed by atoms with Crippen LogP contribution in [0.1, 0.15) is 30.0 Å². The smallest absolute Gasteiger partial charge is 0.324 e. The van der Waals surface area contributed by atoms with Gasteiger partial charge in [0.2, 0.25) is 5.91 Å². The molecule has 4 heterocycles. The lowest BCUT2D eigenvalue weighted by molar-refractivity contribution is -0.137. The summed E-state index contributed by atoms with van der Waals surface area (Å²) in [5.41, 5.74) is 1.96. The van der Waals surface area contributed by atoms with Crippen molar-refractivity contribution in [3.8, 4) is 5.75 Å². The van der Waals surface area contributed by atoms with Crippen LogP contribution in [0.3, 0.4) is 0 Å². The van der Waals surface area contributed by atoms with E-state index in [2.05, 4.69) is 5.32 Å². The Hall–Kier alpha value is -3.62. The molecule has 0 saturated carbocycles. The van der Waals surface area contributed by atoms with E-state index in [9.17, 15) is 19.2 Å². The van der Waals surface area contributed by atoms with Crippen molar-refractivity contribution in [1.29, 1.82) is 0 Å². The molecule has 0 spiro atoms. The third-order valence-corrected chi connectivity index (χ3v) is 7.10. The summed E-state index contributed by atoms with van der Waals surface area (Å²) in [6, 6.07) is 11.5. The Labute approximate surface area is 197 Å². The standard InChI is InChI=1S/C25H28N4O5/c1-34-19-7-5-16(6-8-19)9-10-28-24(32)20(26-25(28)33)12-23(31)27-13-17-11-18(15-27)21-3-2-4-22(30)29(21)14-17/h2-8,17-18,20H,9-15H2,1H3,(H,26,33)/t17-,18+,20?/m1/s1. The first-order chi connectivity index (χ1) is 16.4. The van der Waals surface area contributed by atoms with E-state index < -0.39 is 12.1 Å². The molecule has 2 bridgehead atoms. The fourth-order valence-corrected chi connectivity index (χ4v) is 5.36. The van der Waals surface area contributed by atoms with Gasteiger partial charge in [-0.2, -0.15) is 0 Å². The number of hydrogen-bond donors (Lipinski definition) is 1. The largest absolute Gasteiger partial charge is 0.497 e. The zero-order valence-corrected chi connectivity index (χ0v) is 19.1. The molecule has 9 heteroatoms. The first-order valence-corrected chi connectivity index (χ1v) is 11.6. The van der Waals surface area contributed by atoms with Gasteiger partial charge in [-0.3, -0.25) is 19.3 Å². The second-order valence-electron chi connectivity index (χ2n) is 9.29. The number of hydrogen-bond acceptors (Lipinski definition) is 5. The van der Waals surface area contributed by atoms with Gasteiger partial charge in [0.1, 0.15) is 11.8 Å². The van der Waals surface area contributed by atoms with E-state index >= 15 is 0 Å². The fraction of sp³-hybridized carbons (Fsp3) is 0.440. The number of urea groups is 1. The van der Waals surface area contributed by atoms with E-state index in [4.69, 9.17) is 4.74 Å². The Morgan fingerprint density at radius 3 is 2.62 bits per heavy atom. The highest BCUT2D eigenvalue weighted by molar-refractivity contribution is 6.05. The number of carbonyl (C=O) groups excluding carboxylic acids is 3. The summed E-state index contributed by atoms with van der Waals surface area (Å²) in [5.74, 6) is 0.568. The van der Waals surface area contributed by atoms with Crippen molar-refractivity contribution in [2.24, 2.45) is 5.92 Å². The van der Waals surface area contributed by atoms with Crippen molar-refractivity contribution in [1.82, 2.24) is 19.7 Å². The van der Waals surface area contributed by atoms with Crippen molar-refractivity contribution >= 4 is 17.8 Å². The molecular formula is C25H28N4O5. The lowest BCUT2D eigenvalue weighted by Gasteiger charge is -2.43. The Kier molecular flexibility index (Phi) is 5.85. The quantitative estimate of drug-likeness (QED) is 0.651. The first-order valence-electron chi connectivity index (χ1n) is 11.6. The predicted octanol–water partition coefficient (Wildman–Crippen LogP) is 1.36. The summed E-state index contributed by atoms with van der Waals surface area (Å²) >= 11 is 0. The number of nitrogens with one attached hydrogen (secondary N) is 1. The Morgan fingerprint density at radius 1 is 1.06 bits per heavy atom. The molecule has 1 aromatic heterocycles. The number of imide groups is 1. The van der Waals surface area contributed by atoms with Crippen LogP contribution in [0.15, 0.2) is 47.3 Å². The number of fused-ring (bicyclic) bond motifs is 4. The number of ether oxygens (including phenoxy) is 1. The molecule has 0 radical (unpaired) electrons. The zero-order valence-electron chi connectivity index (χ0n) is 19.1. The lowest BCUT2D eigenvalue weighted by Crippen LogP contribution is -2.50. The molecule has 3 atom stereocenters. The molecule has 1 aromatic carbocycles. The van der Waals surface area contributed by atoms with Crippen molar-refractivity contribution < 1.29 is 19.1 Å². The molecular weight excluding hydrogens is 436 g/mol. The van der Waals surface area contributed by atoms with E-state index in [1.165, 1.54) is 4.90 Å². The molecule has 1 N–H and O–H groups in total. The molecule has 2 saturated heterocycles. The van der Waals surface area contributed by atoms with Gasteiger partial charge in [0.25, 0.3) is 11.5 Å². The van der Waals surface area contributed by atoms with Crippen molar-refractivity contribution in [2.45, 2.75) is 37.8 Å². The first kappa shape index (κ1) is 22.2. The van der Waals surface area contributed by atoms with Crippen molar-refractivity contribution in [3.63, 3.8) is 0 Å². The third-order valence-electron chi connectivity index (χ3n) is 7.10. The maximum atomic E-state index is 13.1. The van der Waals surface area contributed by atoms with Gasteiger partial charge in [-0.15, -0.1) is 0 Å². The van der Waals surface area contributed by atoms with Crippen LogP contribution in [0.25, 0.3) is 0 Å². The van der Waals surface area contributed by atoms with Crippen LogP contribution >= 0.6 is 0 Å². The SMILES string of the molecule is COc1ccc(CCN2C(=O)NC(CC(=O)N3C[C@H]4C[C@@H](C3)c3cccc(=O)n3C4)C2=O)cc1. The summed E-state index contributed by atoms with van der Waals surface area (Å²) in [6.07, 6.45) is 1.42. The number of benzene rings is 1. The fourth-order valence-electron chi connectivity index (χ4n) is 5.36. The number of aromatic nitrogens is 1. The number of pyridine rings is 1. The number of nitrogens with zero attached hydrogens (tertiary/aromatic N) is 3. The van der Waals surface area contributed by atoms with Gasteiger partial charge in [0.15, 0.2) is 0 Å². The van der Waals surface area contributed by atoms with Gasteiger partial charge in [0, 0.05) is 43.9 Å². The summed E-state index contributed by atoms with van der Waals surface area (Å²) in [4.78, 5) is 53.6. The second kappa shape index (κ2) is 8.96. The van der Waals surface area contributed by atoms with Crippen LogP contribution in [-0.4, -0.2) is 65.0 Å². The molecule has 5 rings (SSSR count). The Morgan fingerprint density at radius 2 is 1.85 bits per heavy atom. The number of likely N-dealkylation sites (tertiary alicyclic amines) is 1. The molecule has 34 heavy (non-hydrogen) atoms. The monoisotopic (exact) mass is 464 g/mol. The van der Waals surface area contributed by atoms with Crippen LogP contribution in [0.2, 0.25) is 0 Å². The van der Waals surface area contributed by atoms with E-state index in [1.807, 2.05) is 34.9 Å². The minimum Gasteiger partial charge on any atom is -0.497 e. The number of rotatable bonds is 6. The van der Waals surface area contributed by atoms with E-state index in [1.54, 1.807) is 24.1 Å². The maximum absolute atomic E-state index is 13.1. The normalized spacial score (nSPS) is 23.5. The van der Waals surface area contributed by atoms with Crippen molar-refractivity contribution in [2.75, 3.05) is 26.7 Å². The topological polar surface area (TPSA) is 101 Å². The van der Waals surface area contributed by atoms with E-state index in [0.29, 0.717) is 26.1 Å². The van der Waals surface area contributed by atoms with E-state index in [-0.39, 0.29) is 42.2 Å². The highest BCUT2D eigenvalue weighted by Crippen LogP contribution is 2.35. The highest BCUT2D eigenvalue weighted by atomic mass is 16.5. The minimum atomic E-state index is -0.840. The zero-order chi connectivity index (χ0) is 23.8. The minimum absolute atomic E-state index is 0.000901. The maximum Gasteiger partial charge on any atom is 0.324 e. The van der Waals surface area contributed by atoms with Gasteiger partial charge in [0.05, 0.1) is 13.5 Å². The average molecular weight is 465 g/mol. The highest BCUT2D eigenvalue weighted by Gasteiger charge is 2.41. The average Bonchev–Trinajstić information content (AvgIpc) is 3.10. The third kappa shape index (κ3) is 4.18. The number of piperidine rings is 1. The molecule has 2 fully saturated rings. The summed E-state index contributed by atoms with van der Waals surface area (Å²) in [5, 5.41) is 2.68. The van der Waals surface area contributed by atoms with Gasteiger partial charge in [-0.1, -0.05) is 18.2 Å². The Bertz CT molecular complexity index is 1170. The number of methoxy groups -OCH3 is 1. The van der Waals surface area contributed by atoms with Gasteiger partial charge >= 0.3 is 6.03 Å². The second-order valence-corrected chi connectivity index (χ2v) is 9.29. The van der Waals surface area contributed by atoms with Crippen LogP contribution < -0.4 is 15.6 Å². The molecule has 178 valence electrons. The summed E-state index contributed by atoms with van der Waals surface area (Å²) in [6.45, 7) is 1.94. The molecule has 0 aliphatic carbocycles. The molecule has 9 nitrogen and oxygen atoms in total. The molecule has 2 aromatic rings. The van der Waals surface area contributed by atoms with Gasteiger partial charge in [-0.05, 0) is 42.5 Å². The Balaban J connectivity index is 1.19.